The highest BCUT2D eigenvalue weighted by atomic mass is 32.2. The van der Waals surface area contributed by atoms with Crippen LogP contribution in [0.25, 0.3) is 0 Å². The molecule has 2 aromatic rings. The zero-order chi connectivity index (χ0) is 19.7. The Balaban J connectivity index is 1.64. The summed E-state index contributed by atoms with van der Waals surface area (Å²) in [7, 11) is -3.63. The monoisotopic (exact) mass is 422 g/mol. The maximum Gasteiger partial charge on any atom is 0.396 e. The van der Waals surface area contributed by atoms with Gasteiger partial charge in [-0.25, -0.2) is 8.42 Å². The molecule has 1 aliphatic heterocycles. The van der Waals surface area contributed by atoms with Crippen LogP contribution >= 0.6 is 11.8 Å². The SMILES string of the molecule is CSc1ccc(S(=O)(=O)N2CCN(c3nc(CC(F)(F)F)no3)CC2)cc1. The van der Waals surface area contributed by atoms with E-state index in [1.807, 2.05) is 6.26 Å². The second-order valence-corrected chi connectivity index (χ2v) is 8.67. The van der Waals surface area contributed by atoms with Crippen LogP contribution in [0.1, 0.15) is 5.82 Å². The van der Waals surface area contributed by atoms with E-state index in [9.17, 15) is 21.6 Å². The van der Waals surface area contributed by atoms with Crippen LogP contribution in [0, 0.1) is 0 Å². The molecule has 0 saturated carbocycles. The Morgan fingerprint density at radius 1 is 1.15 bits per heavy atom. The van der Waals surface area contributed by atoms with E-state index in [-0.39, 0.29) is 37.1 Å². The van der Waals surface area contributed by atoms with Crippen molar-refractivity contribution in [2.24, 2.45) is 0 Å². The van der Waals surface area contributed by atoms with Gasteiger partial charge in [-0.1, -0.05) is 5.16 Å². The van der Waals surface area contributed by atoms with Crippen molar-refractivity contribution in [1.29, 1.82) is 0 Å². The third-order valence-corrected chi connectivity index (χ3v) is 6.68. The van der Waals surface area contributed by atoms with Crippen LogP contribution in [0.3, 0.4) is 0 Å². The minimum atomic E-state index is -4.42. The molecule has 0 unspecified atom stereocenters. The largest absolute Gasteiger partial charge is 0.396 e. The van der Waals surface area contributed by atoms with Gasteiger partial charge in [0, 0.05) is 31.1 Å². The van der Waals surface area contributed by atoms with Crippen LogP contribution in [0.2, 0.25) is 0 Å². The van der Waals surface area contributed by atoms with E-state index in [4.69, 9.17) is 4.52 Å². The molecule has 12 heteroatoms. The molecule has 27 heavy (non-hydrogen) atoms. The maximum absolute atomic E-state index is 12.7. The predicted molar refractivity (Wildman–Crippen MR) is 93.3 cm³/mol. The lowest BCUT2D eigenvalue weighted by Crippen LogP contribution is -2.48. The number of hydrogen-bond acceptors (Lipinski definition) is 7. The molecule has 1 saturated heterocycles. The first kappa shape index (κ1) is 20.0. The lowest BCUT2D eigenvalue weighted by molar-refractivity contribution is -0.128. The molecule has 7 nitrogen and oxygen atoms in total. The van der Waals surface area contributed by atoms with Gasteiger partial charge in [0.25, 0.3) is 0 Å². The number of rotatable bonds is 5. The molecule has 0 amide bonds. The van der Waals surface area contributed by atoms with Gasteiger partial charge in [0.2, 0.25) is 10.0 Å². The van der Waals surface area contributed by atoms with Gasteiger partial charge in [-0.05, 0) is 30.5 Å². The fourth-order valence-corrected chi connectivity index (χ4v) is 4.47. The first-order valence-corrected chi connectivity index (χ1v) is 10.6. The standard InChI is InChI=1S/C15H17F3N4O3S2/c1-26-11-2-4-12(5-3-11)27(23,24)22-8-6-21(7-9-22)14-19-13(20-25-14)10-15(16,17)18/h2-5H,6-10H2,1H3. The molecule has 1 aromatic heterocycles. The normalized spacial score (nSPS) is 16.7. The summed E-state index contributed by atoms with van der Waals surface area (Å²) in [5.41, 5.74) is 0. The van der Waals surface area contributed by atoms with E-state index >= 15 is 0 Å². The molecule has 0 N–H and O–H groups in total. The molecule has 1 aliphatic rings. The van der Waals surface area contributed by atoms with E-state index in [0.29, 0.717) is 0 Å². The first-order chi connectivity index (χ1) is 12.7. The van der Waals surface area contributed by atoms with Crippen molar-refractivity contribution in [3.8, 4) is 0 Å². The third kappa shape index (κ3) is 4.74. The van der Waals surface area contributed by atoms with Gasteiger partial charge in [0.05, 0.1) is 4.90 Å². The van der Waals surface area contributed by atoms with Crippen LogP contribution in [0.15, 0.2) is 38.6 Å². The summed E-state index contributed by atoms with van der Waals surface area (Å²) in [6, 6.07) is 6.59. The quantitative estimate of drug-likeness (QED) is 0.685. The highest BCUT2D eigenvalue weighted by Gasteiger charge is 2.33. The van der Waals surface area contributed by atoms with E-state index in [1.54, 1.807) is 29.2 Å². The molecule has 0 spiro atoms. The molecule has 0 bridgehead atoms. The highest BCUT2D eigenvalue weighted by molar-refractivity contribution is 7.98. The number of aromatic nitrogens is 2. The molecule has 3 rings (SSSR count). The smallest absolute Gasteiger partial charge is 0.322 e. The van der Waals surface area contributed by atoms with E-state index in [1.165, 1.54) is 16.1 Å². The predicted octanol–water partition coefficient (Wildman–Crippen LogP) is 2.41. The molecule has 0 aliphatic carbocycles. The molecular weight excluding hydrogens is 405 g/mol. The van der Waals surface area contributed by atoms with Crippen molar-refractivity contribution >= 4 is 27.8 Å². The number of nitrogens with zero attached hydrogens (tertiary/aromatic N) is 4. The Kier molecular flexibility index (Phi) is 5.68. The number of sulfonamides is 1. The van der Waals surface area contributed by atoms with Gasteiger partial charge in [0.1, 0.15) is 6.42 Å². The summed E-state index contributed by atoms with van der Waals surface area (Å²) in [6.45, 7) is 0.832. The highest BCUT2D eigenvalue weighted by Crippen LogP contribution is 2.24. The minimum absolute atomic E-state index is 0.0318. The number of benzene rings is 1. The van der Waals surface area contributed by atoms with Gasteiger partial charge >= 0.3 is 12.2 Å². The van der Waals surface area contributed by atoms with Gasteiger partial charge in [-0.15, -0.1) is 11.8 Å². The topological polar surface area (TPSA) is 79.5 Å². The first-order valence-electron chi connectivity index (χ1n) is 7.97. The van der Waals surface area contributed by atoms with Gasteiger partial charge in [-0.2, -0.15) is 22.5 Å². The van der Waals surface area contributed by atoms with Gasteiger partial charge in [-0.3, -0.25) is 0 Å². The van der Waals surface area contributed by atoms with Crippen molar-refractivity contribution in [3.63, 3.8) is 0 Å². The lowest BCUT2D eigenvalue weighted by Gasteiger charge is -2.32. The number of halogens is 3. The maximum atomic E-state index is 12.7. The van der Waals surface area contributed by atoms with Gasteiger partial charge in [0.15, 0.2) is 5.82 Å². The number of thioether (sulfide) groups is 1. The van der Waals surface area contributed by atoms with Crippen molar-refractivity contribution < 1.29 is 26.1 Å². The van der Waals surface area contributed by atoms with Crippen molar-refractivity contribution in [1.82, 2.24) is 14.4 Å². The van der Waals surface area contributed by atoms with Crippen molar-refractivity contribution in [2.45, 2.75) is 22.4 Å². The Bertz CT molecular complexity index is 876. The summed E-state index contributed by atoms with van der Waals surface area (Å²) in [5, 5.41) is 3.33. The fraction of sp³-hybridized carbons (Fsp3) is 0.467. The molecule has 0 radical (unpaired) electrons. The van der Waals surface area contributed by atoms with Crippen LogP contribution in [-0.2, 0) is 16.4 Å². The lowest BCUT2D eigenvalue weighted by atomic mass is 10.4. The number of anilines is 1. The average Bonchev–Trinajstić information content (AvgIpc) is 3.08. The second-order valence-electron chi connectivity index (χ2n) is 5.85. The Hall–Kier alpha value is -1.79. The second kappa shape index (κ2) is 7.68. The van der Waals surface area contributed by atoms with Crippen LogP contribution in [0.4, 0.5) is 19.2 Å². The summed E-state index contributed by atoms with van der Waals surface area (Å²) in [5.74, 6) is -0.443. The zero-order valence-corrected chi connectivity index (χ0v) is 15.9. The van der Waals surface area contributed by atoms with Crippen LogP contribution in [-0.4, -0.2) is 61.5 Å². The Labute approximate surface area is 158 Å². The molecular formula is C15H17F3N4O3S2. The Morgan fingerprint density at radius 3 is 2.33 bits per heavy atom. The van der Waals surface area contributed by atoms with Gasteiger partial charge < -0.3 is 9.42 Å². The molecule has 0 atom stereocenters. The summed E-state index contributed by atoms with van der Waals surface area (Å²) in [6.07, 6.45) is -3.78. The van der Waals surface area contributed by atoms with E-state index in [0.717, 1.165) is 4.90 Å². The number of piperazine rings is 1. The zero-order valence-electron chi connectivity index (χ0n) is 14.3. The molecule has 148 valence electrons. The van der Waals surface area contributed by atoms with E-state index < -0.39 is 28.4 Å². The van der Waals surface area contributed by atoms with E-state index in [2.05, 4.69) is 10.1 Å². The molecule has 2 heterocycles. The summed E-state index contributed by atoms with van der Waals surface area (Å²) < 4.78 is 68.8. The van der Waals surface area contributed by atoms with Crippen LogP contribution in [0.5, 0.6) is 0 Å². The third-order valence-electron chi connectivity index (χ3n) is 4.02. The fourth-order valence-electron chi connectivity index (χ4n) is 2.64. The van der Waals surface area contributed by atoms with Crippen LogP contribution < -0.4 is 4.90 Å². The van der Waals surface area contributed by atoms with Crippen molar-refractivity contribution in [2.75, 3.05) is 37.3 Å². The minimum Gasteiger partial charge on any atom is -0.322 e. The van der Waals surface area contributed by atoms with Crippen molar-refractivity contribution in [3.05, 3.63) is 30.1 Å². The summed E-state index contributed by atoms with van der Waals surface area (Å²) in [4.78, 5) is 6.49. The average molecular weight is 422 g/mol. The number of hydrogen-bond donors (Lipinski definition) is 0. The molecule has 1 aromatic carbocycles. The Morgan fingerprint density at radius 2 is 1.78 bits per heavy atom. The number of alkyl halides is 3. The molecule has 1 fully saturated rings. The summed E-state index contributed by atoms with van der Waals surface area (Å²) >= 11 is 1.52.